The maximum atomic E-state index is 7.09. The minimum Gasteiger partial charge on any atom is -0.384 e. The smallest absolute Gasteiger partial charge is 0.233 e. The van der Waals surface area contributed by atoms with E-state index in [-0.39, 0.29) is 12.4 Å². The minimum absolute atomic E-state index is 0. The zero-order chi connectivity index (χ0) is 30.9. The van der Waals surface area contributed by atoms with Crippen LogP contribution < -0.4 is 11.4 Å². The second-order valence-corrected chi connectivity index (χ2v) is 11.6. The number of anilines is 1. The molecule has 10 heteroatoms. The lowest BCUT2D eigenvalue weighted by molar-refractivity contribution is 0.263. The maximum Gasteiger partial charge on any atom is 0.233 e. The highest BCUT2D eigenvalue weighted by molar-refractivity contribution is 7.72. The van der Waals surface area contributed by atoms with Crippen LogP contribution in [0.5, 0.6) is 0 Å². The van der Waals surface area contributed by atoms with Crippen molar-refractivity contribution in [1.29, 1.82) is 0 Å². The molecule has 0 saturated heterocycles. The van der Waals surface area contributed by atoms with Gasteiger partial charge in [0.2, 0.25) is 5.62 Å². The van der Waals surface area contributed by atoms with Crippen LogP contribution in [0.3, 0.4) is 0 Å². The molecule has 0 fully saturated rings. The molecule has 5 aromatic rings. The monoisotopic (exact) mass is 659 g/mol. The van der Waals surface area contributed by atoms with Gasteiger partial charge in [-0.2, -0.15) is 4.98 Å². The summed E-state index contributed by atoms with van der Waals surface area (Å²) in [7, 11) is 0. The van der Waals surface area contributed by atoms with E-state index in [2.05, 4.69) is 18.7 Å². The zero-order valence-electron chi connectivity index (χ0n) is 26.0. The summed E-state index contributed by atoms with van der Waals surface area (Å²) in [6.45, 7) is 8.38. The number of fused-ring (bicyclic) bond motifs is 1. The Morgan fingerprint density at radius 3 is 1.67 bits per heavy atom. The van der Waals surface area contributed by atoms with Gasteiger partial charge < -0.3 is 10.6 Å². The van der Waals surface area contributed by atoms with Crippen molar-refractivity contribution < 1.29 is 0 Å². The molecule has 0 atom stereocenters. The Bertz CT molecular complexity index is 1860. The summed E-state index contributed by atoms with van der Waals surface area (Å²) in [6.07, 6.45) is 5.76. The second kappa shape index (κ2) is 16.6. The first kappa shape index (κ1) is 34.2. The molecule has 3 aromatic carbocycles. The fourth-order valence-electron chi connectivity index (χ4n) is 5.42. The molecule has 0 aliphatic carbocycles. The Labute approximate surface area is 282 Å². The van der Waals surface area contributed by atoms with Gasteiger partial charge in [0.25, 0.3) is 0 Å². The van der Waals surface area contributed by atoms with E-state index in [4.69, 9.17) is 40.1 Å². The first-order chi connectivity index (χ1) is 21.5. The molecule has 2 aromatic heterocycles. The topological polar surface area (TPSA) is 69.3 Å². The lowest BCUT2D eigenvalue weighted by Gasteiger charge is -2.21. The van der Waals surface area contributed by atoms with Crippen molar-refractivity contribution in [1.82, 2.24) is 23.6 Å². The fraction of sp³-hybridized carbons (Fsp3) is 0.314. The standard InChI is InChI=1S/C35H41N7S2.ClH/c1-3-5-24-39(25-6-4-2)26-16-23-37-34-38-32-30(31(36)40(34)27-17-10-7-11-18-27)33(43)42(29-21-14-9-15-22-29)35(44)41(32)28-19-12-8-13-20-28;/h7-15,17-22H,3-6,16,23-26,36H2,1-2H3;1H. The molecule has 0 aliphatic heterocycles. The summed E-state index contributed by atoms with van der Waals surface area (Å²) >= 11 is 12.3. The van der Waals surface area contributed by atoms with Gasteiger partial charge in [-0.15, -0.1) is 12.4 Å². The van der Waals surface area contributed by atoms with Crippen LogP contribution in [0.2, 0.25) is 0 Å². The third kappa shape index (κ3) is 7.79. The summed E-state index contributed by atoms with van der Waals surface area (Å²) in [5, 5.41) is 0.648. The molecule has 0 spiro atoms. The Morgan fingerprint density at radius 2 is 1.16 bits per heavy atom. The molecular formula is C35H42ClN7S2. The summed E-state index contributed by atoms with van der Waals surface area (Å²) in [6, 6.07) is 29.9. The highest BCUT2D eigenvalue weighted by Gasteiger charge is 2.19. The van der Waals surface area contributed by atoms with Crippen molar-refractivity contribution in [3.8, 4) is 17.1 Å². The Balaban J connectivity index is 0.00000461. The van der Waals surface area contributed by atoms with E-state index in [0.717, 1.165) is 43.1 Å². The number of nitrogen functional groups attached to an aromatic ring is 1. The van der Waals surface area contributed by atoms with E-state index in [1.54, 1.807) is 0 Å². The number of nitrogens with zero attached hydrogens (tertiary/aromatic N) is 6. The van der Waals surface area contributed by atoms with E-state index in [0.29, 0.717) is 38.4 Å². The van der Waals surface area contributed by atoms with Gasteiger partial charge >= 0.3 is 0 Å². The average molecular weight is 660 g/mol. The van der Waals surface area contributed by atoms with Crippen molar-refractivity contribution in [3.05, 3.63) is 106 Å². The number of unbranched alkanes of at least 4 members (excludes halogenated alkanes) is 2. The molecule has 7 nitrogen and oxygen atoms in total. The van der Waals surface area contributed by atoms with Gasteiger partial charge in [-0.25, -0.2) is 0 Å². The van der Waals surface area contributed by atoms with Crippen LogP contribution in [0.1, 0.15) is 46.0 Å². The summed E-state index contributed by atoms with van der Waals surface area (Å²) in [4.78, 5) is 12.8. The van der Waals surface area contributed by atoms with Crippen LogP contribution in [0.25, 0.3) is 28.1 Å². The fourth-order valence-corrected chi connectivity index (χ4v) is 6.25. The van der Waals surface area contributed by atoms with Gasteiger partial charge in [0, 0.05) is 17.9 Å². The van der Waals surface area contributed by atoms with Crippen LogP contribution in [0, 0.1) is 9.41 Å². The number of hydrogen-bond donors (Lipinski definition) is 1. The first-order valence-corrected chi connectivity index (χ1v) is 16.4. The van der Waals surface area contributed by atoms with E-state index in [9.17, 15) is 0 Å². The molecule has 0 aliphatic rings. The molecule has 0 saturated carbocycles. The number of para-hydroxylation sites is 3. The zero-order valence-corrected chi connectivity index (χ0v) is 28.5. The van der Waals surface area contributed by atoms with Gasteiger partial charge in [0.1, 0.15) is 10.5 Å². The minimum atomic E-state index is 0. The summed E-state index contributed by atoms with van der Waals surface area (Å²) in [5.74, 6) is 0.474. The van der Waals surface area contributed by atoms with Crippen LogP contribution in [0.15, 0.2) is 96.0 Å². The van der Waals surface area contributed by atoms with Crippen LogP contribution in [-0.2, 0) is 0 Å². The van der Waals surface area contributed by atoms with Crippen LogP contribution in [-0.4, -0.2) is 49.8 Å². The second-order valence-electron chi connectivity index (χ2n) is 10.9. The third-order valence-corrected chi connectivity index (χ3v) is 8.47. The predicted molar refractivity (Wildman–Crippen MR) is 194 cm³/mol. The number of benzene rings is 3. The molecule has 2 heterocycles. The van der Waals surface area contributed by atoms with Crippen molar-refractivity contribution in [2.75, 3.05) is 31.9 Å². The number of aromatic nitrogens is 4. The molecular weight excluding hydrogens is 618 g/mol. The Kier molecular flexibility index (Phi) is 12.6. The SMILES string of the molecule is CCCCN(CCCC)CCCN=c1nc2c(c(N)n1-c1ccccc1)c(=S)n(-c1ccccc1)c(=S)n2-c1ccccc1.Cl. The lowest BCUT2D eigenvalue weighted by Crippen LogP contribution is -2.30. The van der Waals surface area contributed by atoms with Crippen molar-refractivity contribution in [2.24, 2.45) is 4.99 Å². The maximum absolute atomic E-state index is 7.09. The Morgan fingerprint density at radius 1 is 0.689 bits per heavy atom. The van der Waals surface area contributed by atoms with Crippen molar-refractivity contribution in [3.63, 3.8) is 0 Å². The number of rotatable bonds is 13. The van der Waals surface area contributed by atoms with Crippen LogP contribution in [0.4, 0.5) is 5.82 Å². The average Bonchev–Trinajstić information content (AvgIpc) is 3.05. The molecule has 45 heavy (non-hydrogen) atoms. The highest BCUT2D eigenvalue weighted by atomic mass is 35.5. The van der Waals surface area contributed by atoms with Gasteiger partial charge in [-0.05, 0) is 87.5 Å². The van der Waals surface area contributed by atoms with Crippen LogP contribution >= 0.6 is 36.8 Å². The first-order valence-electron chi connectivity index (χ1n) is 15.5. The summed E-state index contributed by atoms with van der Waals surface area (Å²) in [5.41, 5.74) is 10.8. The molecule has 0 radical (unpaired) electrons. The lowest BCUT2D eigenvalue weighted by atomic mass is 10.2. The normalized spacial score (nSPS) is 11.7. The number of hydrogen-bond acceptors (Lipinski definition) is 6. The molecule has 2 N–H and O–H groups in total. The summed E-state index contributed by atoms with van der Waals surface area (Å²) < 4.78 is 6.78. The largest absolute Gasteiger partial charge is 0.384 e. The van der Waals surface area contributed by atoms with Crippen molar-refractivity contribution in [2.45, 2.75) is 46.0 Å². The van der Waals surface area contributed by atoms with E-state index in [1.807, 2.05) is 105 Å². The van der Waals surface area contributed by atoms with Gasteiger partial charge in [-0.3, -0.25) is 18.7 Å². The molecule has 236 valence electrons. The van der Waals surface area contributed by atoms with E-state index >= 15 is 0 Å². The molecule has 0 amide bonds. The quantitative estimate of drug-likeness (QED) is 0.102. The third-order valence-electron chi connectivity index (χ3n) is 7.72. The Hall–Kier alpha value is -3.63. The van der Waals surface area contributed by atoms with Gasteiger partial charge in [0.05, 0.1) is 11.1 Å². The molecule has 0 bridgehead atoms. The van der Waals surface area contributed by atoms with Gasteiger partial charge in [-0.1, -0.05) is 93.5 Å². The number of nitrogens with two attached hydrogens (primary N) is 1. The predicted octanol–water partition coefficient (Wildman–Crippen LogP) is 8.26. The molecule has 0 unspecified atom stereocenters. The van der Waals surface area contributed by atoms with E-state index in [1.165, 1.54) is 25.7 Å². The van der Waals surface area contributed by atoms with Gasteiger partial charge in [0.15, 0.2) is 10.4 Å². The van der Waals surface area contributed by atoms with Crippen molar-refractivity contribution >= 4 is 53.7 Å². The highest BCUT2D eigenvalue weighted by Crippen LogP contribution is 2.27. The number of halogens is 1. The van der Waals surface area contributed by atoms with E-state index < -0.39 is 0 Å². The molecule has 5 rings (SSSR count).